The lowest BCUT2D eigenvalue weighted by Crippen LogP contribution is -2.29. The molecule has 1 aromatic heterocycles. The molecule has 1 aliphatic heterocycles. The fourth-order valence-corrected chi connectivity index (χ4v) is 4.24. The Morgan fingerprint density at radius 3 is 2.56 bits per heavy atom. The number of thiazole rings is 1. The normalized spacial score (nSPS) is 17.6. The van der Waals surface area contributed by atoms with Gasteiger partial charge in [0, 0.05) is 17.1 Å². The summed E-state index contributed by atoms with van der Waals surface area (Å²) in [5.41, 5.74) is 0.755. The zero-order valence-electron chi connectivity index (χ0n) is 17.3. The number of carbonyl (C=O) groups excluding carboxylic acids is 2. The summed E-state index contributed by atoms with van der Waals surface area (Å²) in [6.45, 7) is 2.35. The van der Waals surface area contributed by atoms with Crippen molar-refractivity contribution in [1.82, 2.24) is 4.98 Å². The standard InChI is InChI=1S/C23H20N2O6S/c1-3-31-15-7-4-13(5-8-15)20(27)18-19(14-6-9-16(26)17(12-14)30-2)25(22(29)21(18)28)23-24-10-11-32-23/h4-12,19,26-27H,3H2,1-2H3/b20-18+/t19-/m0/s1. The number of aromatic hydroxyl groups is 1. The van der Waals surface area contributed by atoms with Gasteiger partial charge in [-0.15, -0.1) is 11.3 Å². The number of hydrogen-bond donors (Lipinski definition) is 2. The molecule has 2 aromatic carbocycles. The Kier molecular flexibility index (Phi) is 5.83. The number of rotatable bonds is 6. The predicted octanol–water partition coefficient (Wildman–Crippen LogP) is 3.88. The van der Waals surface area contributed by atoms with Crippen LogP contribution in [0.5, 0.6) is 17.2 Å². The zero-order valence-corrected chi connectivity index (χ0v) is 18.1. The highest BCUT2D eigenvalue weighted by molar-refractivity contribution is 7.14. The van der Waals surface area contributed by atoms with Crippen LogP contribution in [0.25, 0.3) is 5.76 Å². The second kappa shape index (κ2) is 8.72. The summed E-state index contributed by atoms with van der Waals surface area (Å²) in [6.07, 6.45) is 1.53. The molecule has 0 saturated carbocycles. The highest BCUT2D eigenvalue weighted by atomic mass is 32.1. The fraction of sp³-hybridized carbons (Fsp3) is 0.174. The van der Waals surface area contributed by atoms with Crippen molar-refractivity contribution in [2.45, 2.75) is 13.0 Å². The van der Waals surface area contributed by atoms with Crippen LogP contribution in [0.4, 0.5) is 5.13 Å². The molecule has 0 unspecified atom stereocenters. The summed E-state index contributed by atoms with van der Waals surface area (Å²) in [5.74, 6) is -1.25. The van der Waals surface area contributed by atoms with Crippen molar-refractivity contribution in [2.24, 2.45) is 0 Å². The smallest absolute Gasteiger partial charge is 0.301 e. The minimum atomic E-state index is -0.956. The van der Waals surface area contributed by atoms with Gasteiger partial charge < -0.3 is 19.7 Å². The molecule has 4 rings (SSSR count). The molecule has 0 aliphatic carbocycles. The summed E-state index contributed by atoms with van der Waals surface area (Å²) in [4.78, 5) is 31.5. The predicted molar refractivity (Wildman–Crippen MR) is 119 cm³/mol. The van der Waals surface area contributed by atoms with Crippen molar-refractivity contribution in [1.29, 1.82) is 0 Å². The molecule has 9 heteroatoms. The highest BCUT2D eigenvalue weighted by Gasteiger charge is 2.48. The lowest BCUT2D eigenvalue weighted by Gasteiger charge is -2.23. The number of ether oxygens (including phenoxy) is 2. The van der Waals surface area contributed by atoms with Crippen LogP contribution < -0.4 is 14.4 Å². The third-order valence-electron chi connectivity index (χ3n) is 5.03. The van der Waals surface area contributed by atoms with E-state index in [4.69, 9.17) is 9.47 Å². The molecule has 32 heavy (non-hydrogen) atoms. The first-order valence-electron chi connectivity index (χ1n) is 9.76. The number of ketones is 1. The minimum Gasteiger partial charge on any atom is -0.507 e. The summed E-state index contributed by atoms with van der Waals surface area (Å²) in [7, 11) is 1.40. The first kappa shape index (κ1) is 21.4. The summed E-state index contributed by atoms with van der Waals surface area (Å²) >= 11 is 1.19. The molecule has 1 amide bonds. The number of methoxy groups -OCH3 is 1. The van der Waals surface area contributed by atoms with Crippen LogP contribution in [0, 0.1) is 0 Å². The number of carbonyl (C=O) groups is 2. The van der Waals surface area contributed by atoms with Crippen molar-refractivity contribution in [3.05, 3.63) is 70.7 Å². The van der Waals surface area contributed by atoms with Crippen molar-refractivity contribution in [3.8, 4) is 17.2 Å². The first-order chi connectivity index (χ1) is 15.5. The molecule has 164 valence electrons. The van der Waals surface area contributed by atoms with Crippen LogP contribution in [0.1, 0.15) is 24.1 Å². The number of anilines is 1. The van der Waals surface area contributed by atoms with Gasteiger partial charge in [0.25, 0.3) is 5.78 Å². The van der Waals surface area contributed by atoms with Crippen molar-refractivity contribution in [2.75, 3.05) is 18.6 Å². The first-order valence-corrected chi connectivity index (χ1v) is 10.6. The van der Waals surface area contributed by atoms with Crippen LogP contribution in [0.15, 0.2) is 59.6 Å². The Morgan fingerprint density at radius 2 is 1.94 bits per heavy atom. The summed E-state index contributed by atoms with van der Waals surface area (Å²) in [6, 6.07) is 10.1. The maximum absolute atomic E-state index is 13.1. The maximum Gasteiger partial charge on any atom is 0.301 e. The van der Waals surface area contributed by atoms with E-state index in [0.717, 1.165) is 0 Å². The fourth-order valence-electron chi connectivity index (χ4n) is 3.58. The molecule has 3 aromatic rings. The Hall–Kier alpha value is -3.85. The van der Waals surface area contributed by atoms with E-state index < -0.39 is 17.7 Å². The molecule has 1 aliphatic rings. The van der Waals surface area contributed by atoms with Crippen molar-refractivity contribution >= 4 is 33.9 Å². The van der Waals surface area contributed by atoms with Gasteiger partial charge in [-0.2, -0.15) is 0 Å². The molecule has 8 nitrogen and oxygen atoms in total. The van der Waals surface area contributed by atoms with E-state index in [1.54, 1.807) is 35.7 Å². The van der Waals surface area contributed by atoms with Crippen LogP contribution in [-0.2, 0) is 9.59 Å². The van der Waals surface area contributed by atoms with Gasteiger partial charge in [-0.05, 0) is 48.9 Å². The van der Waals surface area contributed by atoms with Crippen LogP contribution >= 0.6 is 11.3 Å². The largest absolute Gasteiger partial charge is 0.507 e. The number of aliphatic hydroxyl groups excluding tert-OH is 1. The highest BCUT2D eigenvalue weighted by Crippen LogP contribution is 2.44. The van der Waals surface area contributed by atoms with Gasteiger partial charge in [0.05, 0.1) is 25.3 Å². The lowest BCUT2D eigenvalue weighted by atomic mass is 9.95. The number of nitrogens with zero attached hydrogens (tertiary/aromatic N) is 2. The van der Waals surface area contributed by atoms with E-state index >= 15 is 0 Å². The molecule has 0 spiro atoms. The Bertz CT molecular complexity index is 1190. The van der Waals surface area contributed by atoms with E-state index in [1.807, 2.05) is 6.92 Å². The number of phenols is 1. The second-order valence-corrected chi connectivity index (χ2v) is 7.75. The van der Waals surface area contributed by atoms with Gasteiger partial charge in [-0.25, -0.2) is 4.98 Å². The molecule has 1 fully saturated rings. The number of hydrogen-bond acceptors (Lipinski definition) is 8. The van der Waals surface area contributed by atoms with Crippen molar-refractivity contribution in [3.63, 3.8) is 0 Å². The topological polar surface area (TPSA) is 109 Å². The monoisotopic (exact) mass is 452 g/mol. The molecule has 2 heterocycles. The van der Waals surface area contributed by atoms with Crippen molar-refractivity contribution < 1.29 is 29.3 Å². The Balaban J connectivity index is 1.89. The molecular formula is C23H20N2O6S. The average molecular weight is 452 g/mol. The molecule has 2 N–H and O–H groups in total. The number of aromatic nitrogens is 1. The lowest BCUT2D eigenvalue weighted by molar-refractivity contribution is -0.132. The molecule has 0 radical (unpaired) electrons. The number of Topliss-reactive ketones (excluding diaryl/α,β-unsaturated/α-hetero) is 1. The van der Waals surface area contributed by atoms with Crippen LogP contribution in [0.2, 0.25) is 0 Å². The number of amides is 1. The molecule has 0 bridgehead atoms. The number of aliphatic hydroxyl groups is 1. The van der Waals surface area contributed by atoms with Crippen LogP contribution in [0.3, 0.4) is 0 Å². The Morgan fingerprint density at radius 1 is 1.19 bits per heavy atom. The van der Waals surface area contributed by atoms with Gasteiger partial charge in [-0.1, -0.05) is 6.07 Å². The maximum atomic E-state index is 13.1. The number of benzene rings is 2. The Labute approximate surface area is 188 Å². The van der Waals surface area contributed by atoms with Gasteiger partial charge >= 0.3 is 5.91 Å². The third kappa shape index (κ3) is 3.67. The zero-order chi connectivity index (χ0) is 22.8. The average Bonchev–Trinajstić information content (AvgIpc) is 3.41. The second-order valence-electron chi connectivity index (χ2n) is 6.87. The third-order valence-corrected chi connectivity index (χ3v) is 5.80. The van der Waals surface area contributed by atoms with Gasteiger partial charge in [0.2, 0.25) is 0 Å². The molecular weight excluding hydrogens is 432 g/mol. The van der Waals surface area contributed by atoms with E-state index in [1.165, 1.54) is 41.7 Å². The number of phenolic OH excluding ortho intramolecular Hbond substituents is 1. The van der Waals surface area contributed by atoms with Gasteiger partial charge in [-0.3, -0.25) is 14.5 Å². The summed E-state index contributed by atoms with van der Waals surface area (Å²) in [5, 5.41) is 23.1. The van der Waals surface area contributed by atoms with Gasteiger partial charge in [0.15, 0.2) is 16.6 Å². The van der Waals surface area contributed by atoms with Crippen LogP contribution in [-0.4, -0.2) is 40.6 Å². The van der Waals surface area contributed by atoms with E-state index in [-0.39, 0.29) is 22.8 Å². The van der Waals surface area contributed by atoms with E-state index in [0.29, 0.717) is 28.6 Å². The van der Waals surface area contributed by atoms with E-state index in [2.05, 4.69) is 4.98 Å². The minimum absolute atomic E-state index is 0.0814. The summed E-state index contributed by atoms with van der Waals surface area (Å²) < 4.78 is 10.6. The molecule has 1 atom stereocenters. The van der Waals surface area contributed by atoms with E-state index in [9.17, 15) is 19.8 Å². The van der Waals surface area contributed by atoms with Gasteiger partial charge in [0.1, 0.15) is 11.5 Å². The molecule has 1 saturated heterocycles. The SMILES string of the molecule is CCOc1ccc(/C(O)=C2\C(=O)C(=O)N(c3nccs3)[C@H]2c2ccc(O)c(OC)c2)cc1. The quantitative estimate of drug-likeness (QED) is 0.332.